The number of nitrogens with zero attached hydrogens (tertiary/aromatic N) is 3. The van der Waals surface area contributed by atoms with Gasteiger partial charge >= 0.3 is 0 Å². The molecule has 1 unspecified atom stereocenters. The third kappa shape index (κ3) is 3.80. The number of hydrogen-bond acceptors (Lipinski definition) is 3. The third-order valence-electron chi connectivity index (χ3n) is 7.35. The fourth-order valence-corrected chi connectivity index (χ4v) is 5.53. The molecule has 0 fully saturated rings. The lowest BCUT2D eigenvalue weighted by Crippen LogP contribution is -2.05. The van der Waals surface area contributed by atoms with E-state index in [1.54, 1.807) is 6.33 Å². The van der Waals surface area contributed by atoms with Gasteiger partial charge in [0.15, 0.2) is 11.6 Å². The van der Waals surface area contributed by atoms with Gasteiger partial charge in [0.05, 0.1) is 0 Å². The van der Waals surface area contributed by atoms with E-state index in [1.165, 1.54) is 38.2 Å². The molecular weight excluding hydrogens is 450 g/mol. The molecule has 0 spiro atoms. The molecule has 3 heteroatoms. The molecule has 0 radical (unpaired) electrons. The van der Waals surface area contributed by atoms with Crippen LogP contribution in [0.15, 0.2) is 109 Å². The molecule has 0 saturated heterocycles. The fourth-order valence-electron chi connectivity index (χ4n) is 5.53. The number of hydrogen-bond donors (Lipinski definition) is 0. The van der Waals surface area contributed by atoms with Gasteiger partial charge in [-0.3, -0.25) is 0 Å². The summed E-state index contributed by atoms with van der Waals surface area (Å²) >= 11 is 0. The van der Waals surface area contributed by atoms with Crippen LogP contribution in [0.4, 0.5) is 0 Å². The molecule has 6 aromatic rings. The molecular formula is C34H25N3. The van der Waals surface area contributed by atoms with Crippen molar-refractivity contribution in [3.8, 4) is 33.9 Å². The van der Waals surface area contributed by atoms with Gasteiger partial charge in [-0.25, -0.2) is 15.0 Å². The molecule has 0 aliphatic heterocycles. The Morgan fingerprint density at radius 3 is 2.11 bits per heavy atom. The van der Waals surface area contributed by atoms with Gasteiger partial charge < -0.3 is 0 Å². The lowest BCUT2D eigenvalue weighted by Gasteiger charge is -2.21. The Morgan fingerprint density at radius 1 is 0.595 bits per heavy atom. The molecule has 176 valence electrons. The van der Waals surface area contributed by atoms with E-state index in [9.17, 15) is 0 Å². The summed E-state index contributed by atoms with van der Waals surface area (Å²) in [4.78, 5) is 14.0. The molecule has 0 amide bonds. The molecule has 5 aromatic carbocycles. The minimum atomic E-state index is 0.515. The Bertz CT molecular complexity index is 1820. The Morgan fingerprint density at radius 2 is 1.27 bits per heavy atom. The normalized spacial score (nSPS) is 14.7. The second-order valence-corrected chi connectivity index (χ2v) is 9.82. The molecule has 3 nitrogen and oxygen atoms in total. The number of benzene rings is 5. The van der Waals surface area contributed by atoms with Crippen LogP contribution in [0.2, 0.25) is 0 Å². The van der Waals surface area contributed by atoms with E-state index in [0.717, 1.165) is 23.1 Å². The molecule has 0 saturated carbocycles. The van der Waals surface area contributed by atoms with Crippen LogP contribution < -0.4 is 0 Å². The first-order chi connectivity index (χ1) is 18.2. The summed E-state index contributed by atoms with van der Waals surface area (Å²) in [5.74, 6) is 1.89. The van der Waals surface area contributed by atoms with E-state index >= 15 is 0 Å². The largest absolute Gasteiger partial charge is 0.217 e. The molecule has 1 heterocycles. The maximum absolute atomic E-state index is 4.91. The molecule has 37 heavy (non-hydrogen) atoms. The number of fused-ring (bicyclic) bond motifs is 6. The maximum atomic E-state index is 4.91. The minimum absolute atomic E-state index is 0.515. The first-order valence-electron chi connectivity index (χ1n) is 12.8. The van der Waals surface area contributed by atoms with Crippen LogP contribution >= 0.6 is 0 Å². The van der Waals surface area contributed by atoms with E-state index in [-0.39, 0.29) is 0 Å². The summed E-state index contributed by atoms with van der Waals surface area (Å²) in [5, 5.41) is 5.18. The van der Waals surface area contributed by atoms with E-state index in [4.69, 9.17) is 4.98 Å². The zero-order chi connectivity index (χ0) is 24.8. The summed E-state index contributed by atoms with van der Waals surface area (Å²) in [7, 11) is 0. The Hall–Kier alpha value is -4.63. The summed E-state index contributed by atoms with van der Waals surface area (Å²) in [6.45, 7) is 2.28. The number of allylic oxidation sites excluding steroid dienone is 1. The highest BCUT2D eigenvalue weighted by atomic mass is 15.0. The standard InChI is InChI=1S/C34H25N3/c1-22-14-16-29-27-12-5-6-13-28(27)30-17-15-26(20-32(30)31(29)18-22)34-36-21-35-33(37-34)25-11-7-10-24(19-25)23-8-3-2-4-9-23/h2-17,19-22H,18H2,1H3. The molecule has 1 aliphatic carbocycles. The molecule has 1 aliphatic rings. The van der Waals surface area contributed by atoms with Gasteiger partial charge in [0.1, 0.15) is 6.33 Å². The quantitative estimate of drug-likeness (QED) is 0.241. The average molecular weight is 476 g/mol. The van der Waals surface area contributed by atoms with Gasteiger partial charge in [-0.2, -0.15) is 0 Å². The van der Waals surface area contributed by atoms with Gasteiger partial charge in [0.2, 0.25) is 0 Å². The Labute approximate surface area is 216 Å². The molecule has 1 atom stereocenters. The van der Waals surface area contributed by atoms with Crippen LogP contribution in [0, 0.1) is 5.92 Å². The molecule has 0 N–H and O–H groups in total. The van der Waals surface area contributed by atoms with Gasteiger partial charge in [-0.05, 0) is 68.3 Å². The first kappa shape index (κ1) is 21.6. The van der Waals surface area contributed by atoms with Crippen molar-refractivity contribution in [2.45, 2.75) is 13.3 Å². The molecule has 1 aromatic heterocycles. The maximum Gasteiger partial charge on any atom is 0.163 e. The predicted molar refractivity (Wildman–Crippen MR) is 153 cm³/mol. The van der Waals surface area contributed by atoms with Crippen molar-refractivity contribution in [1.29, 1.82) is 0 Å². The summed E-state index contributed by atoms with van der Waals surface area (Å²) < 4.78 is 0. The third-order valence-corrected chi connectivity index (χ3v) is 7.35. The topological polar surface area (TPSA) is 38.7 Å². The number of aromatic nitrogens is 3. The SMILES string of the molecule is CC1C=Cc2c(c3cc(-c4ncnc(-c5cccc(-c6ccccc6)c5)n4)ccc3c3ccccc23)C1. The first-order valence-corrected chi connectivity index (χ1v) is 12.8. The predicted octanol–water partition coefficient (Wildman–Crippen LogP) is 8.38. The summed E-state index contributed by atoms with van der Waals surface area (Å²) in [5.41, 5.74) is 7.06. The lowest BCUT2D eigenvalue weighted by molar-refractivity contribution is 0.722. The van der Waals surface area contributed by atoms with E-state index < -0.39 is 0 Å². The van der Waals surface area contributed by atoms with Crippen LogP contribution in [-0.2, 0) is 6.42 Å². The molecule has 0 bridgehead atoms. The molecule has 7 rings (SSSR count). The van der Waals surface area contributed by atoms with Crippen molar-refractivity contribution >= 4 is 27.6 Å². The number of rotatable bonds is 3. The van der Waals surface area contributed by atoms with E-state index in [0.29, 0.717) is 17.6 Å². The van der Waals surface area contributed by atoms with Crippen LogP contribution in [0.3, 0.4) is 0 Å². The van der Waals surface area contributed by atoms with Crippen LogP contribution in [0.1, 0.15) is 18.1 Å². The van der Waals surface area contributed by atoms with Crippen molar-refractivity contribution in [2.24, 2.45) is 5.92 Å². The Kier molecular flexibility index (Phi) is 5.14. The smallest absolute Gasteiger partial charge is 0.163 e. The van der Waals surface area contributed by atoms with Gasteiger partial charge in [-0.15, -0.1) is 0 Å². The van der Waals surface area contributed by atoms with E-state index in [2.05, 4.69) is 120 Å². The van der Waals surface area contributed by atoms with Gasteiger partial charge in [-0.1, -0.05) is 104 Å². The van der Waals surface area contributed by atoms with Crippen LogP contribution in [0.25, 0.3) is 61.5 Å². The van der Waals surface area contributed by atoms with Crippen molar-refractivity contribution in [1.82, 2.24) is 15.0 Å². The van der Waals surface area contributed by atoms with Crippen molar-refractivity contribution in [2.75, 3.05) is 0 Å². The van der Waals surface area contributed by atoms with Crippen molar-refractivity contribution in [3.63, 3.8) is 0 Å². The van der Waals surface area contributed by atoms with Gasteiger partial charge in [0.25, 0.3) is 0 Å². The van der Waals surface area contributed by atoms with Gasteiger partial charge in [0, 0.05) is 11.1 Å². The minimum Gasteiger partial charge on any atom is -0.217 e. The highest BCUT2D eigenvalue weighted by Crippen LogP contribution is 2.39. The second kappa shape index (κ2) is 8.79. The Balaban J connectivity index is 1.36. The zero-order valence-electron chi connectivity index (χ0n) is 20.6. The average Bonchev–Trinajstić information content (AvgIpc) is 2.97. The fraction of sp³-hybridized carbons (Fsp3) is 0.0882. The van der Waals surface area contributed by atoms with Crippen LogP contribution in [-0.4, -0.2) is 15.0 Å². The highest BCUT2D eigenvalue weighted by Gasteiger charge is 2.18. The van der Waals surface area contributed by atoms with E-state index in [1.807, 2.05) is 6.07 Å². The van der Waals surface area contributed by atoms with Crippen LogP contribution in [0.5, 0.6) is 0 Å². The second-order valence-electron chi connectivity index (χ2n) is 9.82. The summed E-state index contributed by atoms with van der Waals surface area (Å²) in [6.07, 6.45) is 7.29. The zero-order valence-corrected chi connectivity index (χ0v) is 20.6. The van der Waals surface area contributed by atoms with Crippen molar-refractivity contribution in [3.05, 3.63) is 121 Å². The van der Waals surface area contributed by atoms with Crippen molar-refractivity contribution < 1.29 is 0 Å². The highest BCUT2D eigenvalue weighted by molar-refractivity contribution is 6.13. The monoisotopic (exact) mass is 475 g/mol. The summed E-state index contributed by atoms with van der Waals surface area (Å²) in [6, 6.07) is 34.1. The lowest BCUT2D eigenvalue weighted by atomic mass is 9.83.